The van der Waals surface area contributed by atoms with E-state index in [1.807, 2.05) is 12.1 Å². The van der Waals surface area contributed by atoms with Gasteiger partial charge in [-0.3, -0.25) is 10.2 Å². The number of ether oxygens (including phenoxy) is 1. The maximum atomic E-state index is 13.5. The van der Waals surface area contributed by atoms with Gasteiger partial charge in [-0.1, -0.05) is 30.3 Å². The molecule has 122 valence electrons. The van der Waals surface area contributed by atoms with Crippen molar-refractivity contribution in [3.05, 3.63) is 65.5 Å². The second kappa shape index (κ2) is 8.87. The monoisotopic (exact) mass is 318 g/mol. The maximum Gasteiger partial charge on any atom is 0.236 e. The van der Waals surface area contributed by atoms with E-state index in [-0.39, 0.29) is 31.4 Å². The molecular weight excluding hydrogens is 299 g/mol. The summed E-state index contributed by atoms with van der Waals surface area (Å²) in [6, 6.07) is 13.8. The number of hydrazine groups is 1. The van der Waals surface area contributed by atoms with Crippen molar-refractivity contribution in [3.63, 3.8) is 0 Å². The summed E-state index contributed by atoms with van der Waals surface area (Å²) < 4.78 is 19.0. The number of aliphatic hydroxyl groups is 1. The lowest BCUT2D eigenvalue weighted by molar-refractivity contribution is -0.122. The number of rotatable bonds is 8. The number of benzene rings is 2. The number of carbonyl (C=O) groups excluding carboxylic acids is 1. The summed E-state index contributed by atoms with van der Waals surface area (Å²) in [4.78, 5) is 11.2. The summed E-state index contributed by atoms with van der Waals surface area (Å²) in [5, 5.41) is 8.61. The average molecular weight is 318 g/mol. The molecule has 0 aliphatic rings. The smallest absolute Gasteiger partial charge is 0.236 e. The van der Waals surface area contributed by atoms with Crippen LogP contribution in [0.1, 0.15) is 17.5 Å². The second-order valence-corrected chi connectivity index (χ2v) is 4.90. The van der Waals surface area contributed by atoms with Gasteiger partial charge in [0.1, 0.15) is 18.2 Å². The predicted octanol–water partition coefficient (Wildman–Crippen LogP) is 1.91. The SMILES string of the molecule is O=C(CCO)NNCc1ccc(OCc2ccccc2F)cc1. The number of aliphatic hydroxyl groups excluding tert-OH is 1. The van der Waals surface area contributed by atoms with Crippen LogP contribution in [0.2, 0.25) is 0 Å². The van der Waals surface area contributed by atoms with Gasteiger partial charge in [0, 0.05) is 12.1 Å². The normalized spacial score (nSPS) is 10.3. The Hall–Kier alpha value is -2.44. The van der Waals surface area contributed by atoms with Crippen molar-refractivity contribution in [1.29, 1.82) is 0 Å². The molecule has 0 unspecified atom stereocenters. The maximum absolute atomic E-state index is 13.5. The molecule has 0 bridgehead atoms. The summed E-state index contributed by atoms with van der Waals surface area (Å²) in [7, 11) is 0. The highest BCUT2D eigenvalue weighted by Crippen LogP contribution is 2.15. The second-order valence-electron chi connectivity index (χ2n) is 4.90. The van der Waals surface area contributed by atoms with Gasteiger partial charge in [-0.15, -0.1) is 0 Å². The minimum absolute atomic E-state index is 0.0653. The van der Waals surface area contributed by atoms with Gasteiger partial charge in [-0.05, 0) is 23.8 Å². The van der Waals surface area contributed by atoms with E-state index in [2.05, 4.69) is 10.9 Å². The van der Waals surface area contributed by atoms with E-state index in [0.29, 0.717) is 17.9 Å². The van der Waals surface area contributed by atoms with Gasteiger partial charge in [-0.2, -0.15) is 0 Å². The molecule has 5 nitrogen and oxygen atoms in total. The van der Waals surface area contributed by atoms with Crippen molar-refractivity contribution in [1.82, 2.24) is 10.9 Å². The van der Waals surface area contributed by atoms with Crippen LogP contribution in [0.15, 0.2) is 48.5 Å². The Kier molecular flexibility index (Phi) is 6.53. The van der Waals surface area contributed by atoms with Crippen molar-refractivity contribution >= 4 is 5.91 Å². The van der Waals surface area contributed by atoms with E-state index in [9.17, 15) is 9.18 Å². The van der Waals surface area contributed by atoms with Crippen molar-refractivity contribution in [3.8, 4) is 5.75 Å². The fourth-order valence-electron chi connectivity index (χ4n) is 1.89. The summed E-state index contributed by atoms with van der Waals surface area (Å²) >= 11 is 0. The fourth-order valence-corrected chi connectivity index (χ4v) is 1.89. The van der Waals surface area contributed by atoms with Crippen LogP contribution in [0.5, 0.6) is 5.75 Å². The third-order valence-electron chi connectivity index (χ3n) is 3.13. The Bertz CT molecular complexity index is 632. The van der Waals surface area contributed by atoms with E-state index in [4.69, 9.17) is 9.84 Å². The highest BCUT2D eigenvalue weighted by molar-refractivity contribution is 5.75. The summed E-state index contributed by atoms with van der Waals surface area (Å²) in [5.74, 6) is 0.0885. The Morgan fingerprint density at radius 1 is 1.13 bits per heavy atom. The Balaban J connectivity index is 1.78. The van der Waals surface area contributed by atoms with Crippen LogP contribution in [0.3, 0.4) is 0 Å². The molecule has 0 radical (unpaired) electrons. The number of hydrogen-bond acceptors (Lipinski definition) is 4. The van der Waals surface area contributed by atoms with Gasteiger partial charge in [0.05, 0.1) is 13.0 Å². The van der Waals surface area contributed by atoms with Gasteiger partial charge in [0.25, 0.3) is 0 Å². The van der Waals surface area contributed by atoms with Crippen molar-refractivity contribution in [2.24, 2.45) is 0 Å². The van der Waals surface area contributed by atoms with Gasteiger partial charge in [-0.25, -0.2) is 9.82 Å². The average Bonchev–Trinajstić information content (AvgIpc) is 2.56. The zero-order valence-electron chi connectivity index (χ0n) is 12.6. The molecule has 0 aliphatic heterocycles. The third kappa shape index (κ3) is 5.69. The van der Waals surface area contributed by atoms with Crippen molar-refractivity contribution in [2.45, 2.75) is 19.6 Å². The molecule has 0 heterocycles. The Labute approximate surface area is 134 Å². The van der Waals surface area contributed by atoms with Crippen LogP contribution in [-0.4, -0.2) is 17.6 Å². The fraction of sp³-hybridized carbons (Fsp3) is 0.235. The first-order valence-corrected chi connectivity index (χ1v) is 7.27. The van der Waals surface area contributed by atoms with Crippen LogP contribution in [0.25, 0.3) is 0 Å². The molecule has 3 N–H and O–H groups in total. The van der Waals surface area contributed by atoms with Crippen LogP contribution >= 0.6 is 0 Å². The molecule has 23 heavy (non-hydrogen) atoms. The molecular formula is C17H19FN2O3. The number of halogens is 1. The van der Waals surface area contributed by atoms with Crippen LogP contribution in [0.4, 0.5) is 4.39 Å². The van der Waals surface area contributed by atoms with E-state index >= 15 is 0 Å². The minimum Gasteiger partial charge on any atom is -0.489 e. The molecule has 2 rings (SSSR count). The summed E-state index contributed by atoms with van der Waals surface area (Å²) in [6.45, 7) is 0.438. The van der Waals surface area contributed by atoms with E-state index in [1.165, 1.54) is 6.07 Å². The van der Waals surface area contributed by atoms with Crippen LogP contribution in [-0.2, 0) is 17.9 Å². The third-order valence-corrected chi connectivity index (χ3v) is 3.13. The lowest BCUT2D eigenvalue weighted by Gasteiger charge is -2.09. The highest BCUT2D eigenvalue weighted by Gasteiger charge is 2.02. The van der Waals surface area contributed by atoms with Crippen LogP contribution in [0, 0.1) is 5.82 Å². The topological polar surface area (TPSA) is 70.6 Å². The first-order chi connectivity index (χ1) is 11.2. The van der Waals surface area contributed by atoms with Crippen molar-refractivity contribution in [2.75, 3.05) is 6.61 Å². The number of nitrogens with one attached hydrogen (secondary N) is 2. The van der Waals surface area contributed by atoms with Gasteiger partial charge >= 0.3 is 0 Å². The first kappa shape index (κ1) is 16.9. The lowest BCUT2D eigenvalue weighted by atomic mass is 10.2. The molecule has 2 aromatic rings. The standard InChI is InChI=1S/C17H19FN2O3/c18-16-4-2-1-3-14(16)12-23-15-7-5-13(6-8-15)11-19-20-17(22)9-10-21/h1-8,19,21H,9-12H2,(H,20,22). The van der Waals surface area contributed by atoms with Gasteiger partial charge in [0.15, 0.2) is 0 Å². The number of amides is 1. The Morgan fingerprint density at radius 3 is 2.57 bits per heavy atom. The quantitative estimate of drug-likeness (QED) is 0.650. The number of hydrogen-bond donors (Lipinski definition) is 3. The Morgan fingerprint density at radius 2 is 1.87 bits per heavy atom. The molecule has 0 atom stereocenters. The summed E-state index contributed by atoms with van der Waals surface area (Å²) in [6.07, 6.45) is 0.0653. The molecule has 1 amide bonds. The zero-order chi connectivity index (χ0) is 16.5. The van der Waals surface area contributed by atoms with E-state index < -0.39 is 0 Å². The zero-order valence-corrected chi connectivity index (χ0v) is 12.6. The predicted molar refractivity (Wildman–Crippen MR) is 83.9 cm³/mol. The first-order valence-electron chi connectivity index (χ1n) is 7.27. The van der Waals surface area contributed by atoms with Gasteiger partial charge in [0.2, 0.25) is 5.91 Å². The largest absolute Gasteiger partial charge is 0.489 e. The lowest BCUT2D eigenvalue weighted by Crippen LogP contribution is -2.37. The summed E-state index contributed by atoms with van der Waals surface area (Å²) in [5.41, 5.74) is 6.70. The van der Waals surface area contributed by atoms with Crippen molar-refractivity contribution < 1.29 is 19.0 Å². The molecule has 6 heteroatoms. The van der Waals surface area contributed by atoms with E-state index in [1.54, 1.807) is 30.3 Å². The van der Waals surface area contributed by atoms with Gasteiger partial charge < -0.3 is 9.84 Å². The minimum atomic E-state index is -0.285. The van der Waals surface area contributed by atoms with Crippen LogP contribution < -0.4 is 15.6 Å². The molecule has 0 spiro atoms. The highest BCUT2D eigenvalue weighted by atomic mass is 19.1. The molecule has 0 aliphatic carbocycles. The van der Waals surface area contributed by atoms with E-state index in [0.717, 1.165) is 5.56 Å². The molecule has 0 saturated heterocycles. The molecule has 0 fully saturated rings. The number of carbonyl (C=O) groups is 1. The molecule has 0 aromatic heterocycles. The molecule has 2 aromatic carbocycles. The molecule has 0 saturated carbocycles.